The maximum atomic E-state index is 13.6. The fraction of sp³-hybridized carbons (Fsp3) is 0.158. The van der Waals surface area contributed by atoms with Crippen LogP contribution < -0.4 is 4.72 Å². The number of aromatic nitrogens is 2. The van der Waals surface area contributed by atoms with Gasteiger partial charge in [0.05, 0.1) is 10.5 Å². The molecule has 0 bridgehead atoms. The second-order valence-electron chi connectivity index (χ2n) is 6.57. The molecule has 0 fully saturated rings. The van der Waals surface area contributed by atoms with Gasteiger partial charge in [-0.25, -0.2) is 22.5 Å². The first-order chi connectivity index (χ1) is 13.9. The van der Waals surface area contributed by atoms with Crippen molar-refractivity contribution in [3.63, 3.8) is 0 Å². The molecular formula is C19H15F4N3O3S. The van der Waals surface area contributed by atoms with Crippen LogP contribution in [0.5, 0.6) is 0 Å². The molecule has 6 nitrogen and oxygen atoms in total. The van der Waals surface area contributed by atoms with Crippen LogP contribution in [0.4, 0.5) is 17.6 Å². The summed E-state index contributed by atoms with van der Waals surface area (Å²) in [6, 6.07) is 6.54. The molecule has 30 heavy (non-hydrogen) atoms. The maximum absolute atomic E-state index is 13.6. The summed E-state index contributed by atoms with van der Waals surface area (Å²) in [6.45, 7) is 3.26. The van der Waals surface area contributed by atoms with Gasteiger partial charge in [-0.1, -0.05) is 12.1 Å². The Morgan fingerprint density at radius 3 is 2.47 bits per heavy atom. The number of halogens is 4. The molecule has 1 amide bonds. The molecule has 0 saturated heterocycles. The van der Waals surface area contributed by atoms with E-state index in [9.17, 15) is 30.8 Å². The Labute approximate surface area is 169 Å². The number of alkyl halides is 3. The molecule has 0 aliphatic rings. The highest BCUT2D eigenvalue weighted by atomic mass is 32.2. The van der Waals surface area contributed by atoms with Crippen molar-refractivity contribution < 1.29 is 30.8 Å². The van der Waals surface area contributed by atoms with Gasteiger partial charge >= 0.3 is 6.18 Å². The molecule has 0 saturated carbocycles. The van der Waals surface area contributed by atoms with E-state index in [0.717, 1.165) is 23.2 Å². The summed E-state index contributed by atoms with van der Waals surface area (Å²) in [5, 5.41) is 0. The molecule has 0 unspecified atom stereocenters. The molecule has 1 N–H and O–H groups in total. The minimum atomic E-state index is -4.77. The first-order valence-electron chi connectivity index (χ1n) is 8.43. The second-order valence-corrected chi connectivity index (χ2v) is 8.22. The molecule has 0 spiro atoms. The largest absolute Gasteiger partial charge is 0.416 e. The van der Waals surface area contributed by atoms with Gasteiger partial charge in [0.15, 0.2) is 0 Å². The number of sulfonamides is 1. The predicted molar refractivity (Wildman–Crippen MR) is 99.1 cm³/mol. The highest BCUT2D eigenvalue weighted by Gasteiger charge is 2.31. The summed E-state index contributed by atoms with van der Waals surface area (Å²) in [5.74, 6) is -2.21. The SMILES string of the molecule is Cc1ccc(C)c(S(=O)(=O)NC(=O)c2cn(-c3cc(F)cc(C(F)(F)F)c3)cn2)c1. The third-order valence-electron chi connectivity index (χ3n) is 4.18. The van der Waals surface area contributed by atoms with E-state index < -0.39 is 33.5 Å². The zero-order valence-corrected chi connectivity index (χ0v) is 16.5. The quantitative estimate of drug-likeness (QED) is 0.625. The van der Waals surface area contributed by atoms with Gasteiger partial charge in [-0.2, -0.15) is 13.2 Å². The maximum Gasteiger partial charge on any atom is 0.416 e. The number of rotatable bonds is 4. The van der Waals surface area contributed by atoms with Gasteiger partial charge in [-0.15, -0.1) is 0 Å². The Kier molecular flexibility index (Phi) is 5.42. The summed E-state index contributed by atoms with van der Waals surface area (Å²) < 4.78 is 80.1. The fourth-order valence-electron chi connectivity index (χ4n) is 2.69. The zero-order valence-electron chi connectivity index (χ0n) is 15.7. The Balaban J connectivity index is 1.89. The van der Waals surface area contributed by atoms with Crippen LogP contribution in [-0.2, 0) is 16.2 Å². The molecule has 11 heteroatoms. The Morgan fingerprint density at radius 2 is 1.80 bits per heavy atom. The lowest BCUT2D eigenvalue weighted by atomic mass is 10.2. The van der Waals surface area contributed by atoms with Crippen LogP contribution in [0.15, 0.2) is 53.8 Å². The van der Waals surface area contributed by atoms with E-state index in [1.54, 1.807) is 26.0 Å². The molecular weight excluding hydrogens is 426 g/mol. The minimum Gasteiger partial charge on any atom is -0.305 e. The van der Waals surface area contributed by atoms with Gasteiger partial charge in [-0.05, 0) is 49.2 Å². The predicted octanol–water partition coefficient (Wildman–Crippen LogP) is 3.77. The number of benzene rings is 2. The van der Waals surface area contributed by atoms with Crippen molar-refractivity contribution in [3.05, 3.63) is 77.1 Å². The lowest BCUT2D eigenvalue weighted by Crippen LogP contribution is -2.31. The Bertz CT molecular complexity index is 1230. The lowest BCUT2D eigenvalue weighted by Gasteiger charge is -2.10. The van der Waals surface area contributed by atoms with Gasteiger partial charge < -0.3 is 4.57 Å². The van der Waals surface area contributed by atoms with Crippen LogP contribution in [0.1, 0.15) is 27.2 Å². The molecule has 1 heterocycles. The van der Waals surface area contributed by atoms with Gasteiger partial charge in [0, 0.05) is 11.9 Å². The topological polar surface area (TPSA) is 81.1 Å². The van der Waals surface area contributed by atoms with Crippen molar-refractivity contribution in [3.8, 4) is 5.69 Å². The van der Waals surface area contributed by atoms with Crippen molar-refractivity contribution in [1.29, 1.82) is 0 Å². The van der Waals surface area contributed by atoms with E-state index in [2.05, 4.69) is 4.98 Å². The van der Waals surface area contributed by atoms with Crippen LogP contribution in [0, 0.1) is 19.7 Å². The average Bonchev–Trinajstić information content (AvgIpc) is 3.12. The van der Waals surface area contributed by atoms with Crippen LogP contribution in [0.25, 0.3) is 5.69 Å². The normalized spacial score (nSPS) is 12.1. The van der Waals surface area contributed by atoms with Crippen molar-refractivity contribution in [2.24, 2.45) is 0 Å². The van der Waals surface area contributed by atoms with Gasteiger partial charge in [-0.3, -0.25) is 4.79 Å². The number of carbonyl (C=O) groups excluding carboxylic acids is 1. The van der Waals surface area contributed by atoms with E-state index in [4.69, 9.17) is 0 Å². The molecule has 0 aliphatic heterocycles. The van der Waals surface area contributed by atoms with Crippen molar-refractivity contribution >= 4 is 15.9 Å². The molecule has 0 atom stereocenters. The van der Waals surface area contributed by atoms with E-state index in [-0.39, 0.29) is 16.3 Å². The monoisotopic (exact) mass is 441 g/mol. The number of nitrogens with zero attached hydrogens (tertiary/aromatic N) is 2. The number of nitrogens with one attached hydrogen (secondary N) is 1. The van der Waals surface area contributed by atoms with Crippen molar-refractivity contribution in [1.82, 2.24) is 14.3 Å². The van der Waals surface area contributed by atoms with Crippen molar-refractivity contribution in [2.75, 3.05) is 0 Å². The fourth-order valence-corrected chi connectivity index (χ4v) is 3.99. The molecule has 0 aliphatic carbocycles. The lowest BCUT2D eigenvalue weighted by molar-refractivity contribution is -0.137. The second kappa shape index (κ2) is 7.56. The standard InChI is InChI=1S/C19H15F4N3O3S/c1-11-3-4-12(2)17(5-11)30(28,29)25-18(27)16-9-26(10-24-16)15-7-13(19(21,22)23)6-14(20)8-15/h3-10H,1-2H3,(H,25,27). The van der Waals surface area contributed by atoms with Crippen LogP contribution in [0.2, 0.25) is 0 Å². The number of aryl methyl sites for hydroxylation is 2. The third kappa shape index (κ3) is 4.51. The minimum absolute atomic E-state index is 0.0877. The summed E-state index contributed by atoms with van der Waals surface area (Å²) >= 11 is 0. The molecule has 0 radical (unpaired) electrons. The Hall–Kier alpha value is -3.21. The smallest absolute Gasteiger partial charge is 0.305 e. The summed E-state index contributed by atoms with van der Waals surface area (Å²) in [5.41, 5.74) is -0.724. The van der Waals surface area contributed by atoms with E-state index in [0.29, 0.717) is 23.3 Å². The van der Waals surface area contributed by atoms with E-state index >= 15 is 0 Å². The van der Waals surface area contributed by atoms with Gasteiger partial charge in [0.2, 0.25) is 0 Å². The summed E-state index contributed by atoms with van der Waals surface area (Å²) in [7, 11) is -4.21. The molecule has 158 valence electrons. The molecule has 2 aromatic carbocycles. The highest BCUT2D eigenvalue weighted by Crippen LogP contribution is 2.31. The van der Waals surface area contributed by atoms with Crippen molar-refractivity contribution in [2.45, 2.75) is 24.9 Å². The molecule has 1 aromatic heterocycles. The average molecular weight is 441 g/mol. The first-order valence-corrected chi connectivity index (χ1v) is 9.92. The third-order valence-corrected chi connectivity index (χ3v) is 5.66. The first kappa shape index (κ1) is 21.5. The summed E-state index contributed by atoms with van der Waals surface area (Å²) in [4.78, 5) is 16.0. The number of hydrogen-bond acceptors (Lipinski definition) is 4. The highest BCUT2D eigenvalue weighted by molar-refractivity contribution is 7.90. The van der Waals surface area contributed by atoms with Crippen LogP contribution >= 0.6 is 0 Å². The number of imidazole rings is 1. The molecule has 3 rings (SSSR count). The number of amides is 1. The summed E-state index contributed by atoms with van der Waals surface area (Å²) in [6.07, 6.45) is -2.78. The van der Waals surface area contributed by atoms with Crippen LogP contribution in [0.3, 0.4) is 0 Å². The van der Waals surface area contributed by atoms with E-state index in [1.165, 1.54) is 6.07 Å². The zero-order chi connectivity index (χ0) is 22.3. The Morgan fingerprint density at radius 1 is 1.10 bits per heavy atom. The number of hydrogen-bond donors (Lipinski definition) is 1. The van der Waals surface area contributed by atoms with Gasteiger partial charge in [0.25, 0.3) is 15.9 Å². The van der Waals surface area contributed by atoms with E-state index in [1.807, 2.05) is 4.72 Å². The molecule has 3 aromatic rings. The van der Waals surface area contributed by atoms with Gasteiger partial charge in [0.1, 0.15) is 17.8 Å². The number of carbonyl (C=O) groups is 1. The van der Waals surface area contributed by atoms with Crippen LogP contribution in [-0.4, -0.2) is 23.9 Å².